The van der Waals surface area contributed by atoms with Crippen molar-refractivity contribution < 1.29 is 13.6 Å². The van der Waals surface area contributed by atoms with Crippen LogP contribution in [-0.4, -0.2) is 15.5 Å². The van der Waals surface area contributed by atoms with Gasteiger partial charge in [-0.2, -0.15) is 0 Å². The smallest absolute Gasteiger partial charge is 0.227 e. The maximum absolute atomic E-state index is 13.8. The van der Waals surface area contributed by atoms with E-state index in [-0.39, 0.29) is 23.0 Å². The van der Waals surface area contributed by atoms with Crippen LogP contribution >= 0.6 is 0 Å². The molecule has 26 heavy (non-hydrogen) atoms. The number of carbonyl (C=O) groups is 1. The first-order valence-corrected chi connectivity index (χ1v) is 8.38. The van der Waals surface area contributed by atoms with Gasteiger partial charge in [0.1, 0.15) is 11.6 Å². The van der Waals surface area contributed by atoms with Gasteiger partial charge in [0.25, 0.3) is 0 Å². The van der Waals surface area contributed by atoms with Gasteiger partial charge in [-0.15, -0.1) is 0 Å². The SMILES string of the molecule is Cc1ccc2nc(NC(=O)CC(C)(C)C)n(-c3cc(F)cc(F)c3)c2c1. The third-order valence-corrected chi connectivity index (χ3v) is 3.86. The molecule has 0 aliphatic rings. The highest BCUT2D eigenvalue weighted by Gasteiger charge is 2.20. The quantitative estimate of drug-likeness (QED) is 0.718. The fraction of sp³-hybridized carbons (Fsp3) is 0.300. The van der Waals surface area contributed by atoms with Crippen molar-refractivity contribution >= 4 is 22.9 Å². The number of benzene rings is 2. The maximum atomic E-state index is 13.8. The maximum Gasteiger partial charge on any atom is 0.227 e. The van der Waals surface area contributed by atoms with Gasteiger partial charge in [0.2, 0.25) is 11.9 Å². The number of nitrogens with one attached hydrogen (secondary N) is 1. The Hall–Kier alpha value is -2.76. The fourth-order valence-corrected chi connectivity index (χ4v) is 2.85. The summed E-state index contributed by atoms with van der Waals surface area (Å²) >= 11 is 0. The second kappa shape index (κ2) is 6.52. The van der Waals surface area contributed by atoms with Crippen LogP contribution in [0, 0.1) is 24.0 Å². The van der Waals surface area contributed by atoms with E-state index >= 15 is 0 Å². The summed E-state index contributed by atoms with van der Waals surface area (Å²) in [5.74, 6) is -1.35. The number of hydrogen-bond acceptors (Lipinski definition) is 2. The lowest BCUT2D eigenvalue weighted by atomic mass is 9.92. The van der Waals surface area contributed by atoms with Gasteiger partial charge in [-0.3, -0.25) is 14.7 Å². The van der Waals surface area contributed by atoms with Crippen molar-refractivity contribution in [2.45, 2.75) is 34.1 Å². The predicted octanol–water partition coefficient (Wildman–Crippen LogP) is 4.99. The zero-order chi connectivity index (χ0) is 19.1. The number of aromatic nitrogens is 2. The molecule has 0 fully saturated rings. The largest absolute Gasteiger partial charge is 0.296 e. The standard InChI is InChI=1S/C20H21F2N3O/c1-12-5-6-16-17(7-12)25(15-9-13(21)8-14(22)10-15)19(23-16)24-18(26)11-20(2,3)4/h5-10H,11H2,1-4H3,(H,23,24,26). The molecule has 136 valence electrons. The Bertz CT molecular complexity index is 966. The highest BCUT2D eigenvalue weighted by molar-refractivity contribution is 5.92. The first kappa shape index (κ1) is 18.0. The molecule has 0 bridgehead atoms. The Morgan fingerprint density at radius 3 is 2.38 bits per heavy atom. The van der Waals surface area contributed by atoms with Crippen molar-refractivity contribution in [2.75, 3.05) is 5.32 Å². The molecule has 0 aliphatic heterocycles. The van der Waals surface area contributed by atoms with E-state index in [0.717, 1.165) is 11.6 Å². The molecule has 0 saturated heterocycles. The average Bonchev–Trinajstić information content (AvgIpc) is 2.80. The normalized spacial score (nSPS) is 11.8. The van der Waals surface area contributed by atoms with Crippen LogP contribution in [-0.2, 0) is 4.79 Å². The Balaban J connectivity index is 2.15. The van der Waals surface area contributed by atoms with Gasteiger partial charge >= 0.3 is 0 Å². The Kier molecular flexibility index (Phi) is 4.52. The van der Waals surface area contributed by atoms with E-state index in [1.807, 2.05) is 45.9 Å². The number of halogens is 2. The number of fused-ring (bicyclic) bond motifs is 1. The van der Waals surface area contributed by atoms with E-state index in [2.05, 4.69) is 10.3 Å². The molecule has 1 amide bonds. The zero-order valence-corrected chi connectivity index (χ0v) is 15.2. The van der Waals surface area contributed by atoms with Gasteiger partial charge in [-0.05, 0) is 42.2 Å². The van der Waals surface area contributed by atoms with Gasteiger partial charge in [0.05, 0.1) is 16.7 Å². The van der Waals surface area contributed by atoms with Crippen LogP contribution in [0.5, 0.6) is 0 Å². The van der Waals surface area contributed by atoms with Crippen LogP contribution in [0.2, 0.25) is 0 Å². The molecule has 0 radical (unpaired) electrons. The second-order valence-corrected chi connectivity index (χ2v) is 7.68. The van der Waals surface area contributed by atoms with Crippen LogP contribution in [0.25, 0.3) is 16.7 Å². The Labute approximate surface area is 150 Å². The minimum atomic E-state index is -0.693. The summed E-state index contributed by atoms with van der Waals surface area (Å²) < 4.78 is 29.1. The molecule has 0 spiro atoms. The average molecular weight is 357 g/mol. The molecule has 1 N–H and O–H groups in total. The van der Waals surface area contributed by atoms with Crippen molar-refractivity contribution in [3.8, 4) is 5.69 Å². The van der Waals surface area contributed by atoms with Crippen molar-refractivity contribution in [3.05, 3.63) is 53.6 Å². The minimum absolute atomic E-state index is 0.192. The highest BCUT2D eigenvalue weighted by atomic mass is 19.1. The molecule has 0 aliphatic carbocycles. The van der Waals surface area contributed by atoms with Gasteiger partial charge < -0.3 is 0 Å². The molecule has 3 aromatic rings. The number of carbonyl (C=O) groups excluding carboxylic acids is 1. The van der Waals surface area contributed by atoms with Gasteiger partial charge in [-0.25, -0.2) is 13.8 Å². The van der Waals surface area contributed by atoms with Crippen LogP contribution in [0.4, 0.5) is 14.7 Å². The molecule has 1 heterocycles. The lowest BCUT2D eigenvalue weighted by Gasteiger charge is -2.17. The van der Waals surface area contributed by atoms with E-state index in [4.69, 9.17) is 0 Å². The summed E-state index contributed by atoms with van der Waals surface area (Å²) in [4.78, 5) is 16.8. The van der Waals surface area contributed by atoms with E-state index in [0.29, 0.717) is 17.5 Å². The summed E-state index contributed by atoms with van der Waals surface area (Å²) in [6, 6.07) is 8.82. The lowest BCUT2D eigenvalue weighted by molar-refractivity contribution is -0.117. The molecule has 3 rings (SSSR count). The molecule has 0 atom stereocenters. The summed E-state index contributed by atoms with van der Waals surface area (Å²) in [6.45, 7) is 7.80. The van der Waals surface area contributed by atoms with E-state index < -0.39 is 11.6 Å². The summed E-state index contributed by atoms with van der Waals surface area (Å²) in [5.41, 5.74) is 2.35. The molecule has 6 heteroatoms. The first-order chi connectivity index (χ1) is 12.1. The highest BCUT2D eigenvalue weighted by Crippen LogP contribution is 2.27. The monoisotopic (exact) mass is 357 g/mol. The summed E-state index contributed by atoms with van der Waals surface area (Å²) in [6.07, 6.45) is 0.298. The van der Waals surface area contributed by atoms with Crippen molar-refractivity contribution in [1.82, 2.24) is 9.55 Å². The van der Waals surface area contributed by atoms with E-state index in [1.165, 1.54) is 12.1 Å². The van der Waals surface area contributed by atoms with Crippen molar-refractivity contribution in [1.29, 1.82) is 0 Å². The number of anilines is 1. The lowest BCUT2D eigenvalue weighted by Crippen LogP contribution is -2.21. The number of hydrogen-bond donors (Lipinski definition) is 1. The second-order valence-electron chi connectivity index (χ2n) is 7.68. The van der Waals surface area contributed by atoms with Crippen molar-refractivity contribution in [3.63, 3.8) is 0 Å². The molecule has 0 saturated carbocycles. The van der Waals surface area contributed by atoms with Crippen LogP contribution in [0.3, 0.4) is 0 Å². The van der Waals surface area contributed by atoms with Crippen LogP contribution in [0.1, 0.15) is 32.8 Å². The fourth-order valence-electron chi connectivity index (χ4n) is 2.85. The van der Waals surface area contributed by atoms with Crippen LogP contribution in [0.15, 0.2) is 36.4 Å². The molecule has 4 nitrogen and oxygen atoms in total. The molecule has 0 unspecified atom stereocenters. The topological polar surface area (TPSA) is 46.9 Å². The number of aryl methyl sites for hydroxylation is 1. The molecule has 1 aromatic heterocycles. The Morgan fingerprint density at radius 1 is 1.12 bits per heavy atom. The van der Waals surface area contributed by atoms with Crippen molar-refractivity contribution in [2.24, 2.45) is 5.41 Å². The first-order valence-electron chi connectivity index (χ1n) is 8.38. The molecular formula is C20H21F2N3O. The third-order valence-electron chi connectivity index (χ3n) is 3.86. The predicted molar refractivity (Wildman–Crippen MR) is 98.4 cm³/mol. The summed E-state index contributed by atoms with van der Waals surface area (Å²) in [7, 11) is 0. The van der Waals surface area contributed by atoms with Gasteiger partial charge in [0.15, 0.2) is 0 Å². The number of rotatable bonds is 3. The Morgan fingerprint density at radius 2 is 1.77 bits per heavy atom. The summed E-state index contributed by atoms with van der Waals surface area (Å²) in [5, 5.41) is 2.78. The van der Waals surface area contributed by atoms with E-state index in [9.17, 15) is 13.6 Å². The minimum Gasteiger partial charge on any atom is -0.296 e. The third kappa shape index (κ3) is 3.90. The zero-order valence-electron chi connectivity index (χ0n) is 15.2. The number of amides is 1. The molecule has 2 aromatic carbocycles. The van der Waals surface area contributed by atoms with Crippen LogP contribution < -0.4 is 5.32 Å². The van der Waals surface area contributed by atoms with E-state index in [1.54, 1.807) is 4.57 Å². The number of imidazole rings is 1. The van der Waals surface area contributed by atoms with Gasteiger partial charge in [0, 0.05) is 12.5 Å². The number of nitrogens with zero attached hydrogens (tertiary/aromatic N) is 2. The molecular weight excluding hydrogens is 336 g/mol. The van der Waals surface area contributed by atoms with Gasteiger partial charge in [-0.1, -0.05) is 26.8 Å².